The van der Waals surface area contributed by atoms with E-state index in [9.17, 15) is 27.7 Å². The molecule has 0 spiro atoms. The SMILES string of the molecule is O=[N+]([O-])c1nc(I)cc(CF)c1OC(F)(F)F. The van der Waals surface area contributed by atoms with Gasteiger partial charge in [0.1, 0.15) is 6.67 Å². The van der Waals surface area contributed by atoms with E-state index in [1.165, 1.54) is 22.6 Å². The van der Waals surface area contributed by atoms with Gasteiger partial charge in [-0.2, -0.15) is 0 Å². The molecule has 0 aromatic carbocycles. The van der Waals surface area contributed by atoms with Gasteiger partial charge in [-0.1, -0.05) is 0 Å². The number of pyridine rings is 1. The minimum atomic E-state index is -5.15. The van der Waals surface area contributed by atoms with Crippen molar-refractivity contribution in [3.8, 4) is 5.75 Å². The fourth-order valence-corrected chi connectivity index (χ4v) is 1.59. The Labute approximate surface area is 105 Å². The molecule has 94 valence electrons. The molecule has 0 aliphatic carbocycles. The van der Waals surface area contributed by atoms with Gasteiger partial charge in [-0.25, -0.2) is 4.39 Å². The van der Waals surface area contributed by atoms with Crippen molar-refractivity contribution in [3.05, 3.63) is 25.4 Å². The molecule has 0 atom stereocenters. The van der Waals surface area contributed by atoms with Crippen molar-refractivity contribution < 1.29 is 27.2 Å². The molecule has 10 heteroatoms. The van der Waals surface area contributed by atoms with E-state index in [2.05, 4.69) is 9.72 Å². The van der Waals surface area contributed by atoms with Crippen LogP contribution in [0.5, 0.6) is 5.75 Å². The lowest BCUT2D eigenvalue weighted by atomic mass is 10.2. The third kappa shape index (κ3) is 3.64. The number of alkyl halides is 4. The van der Waals surface area contributed by atoms with Gasteiger partial charge in [0, 0.05) is 34.2 Å². The zero-order chi connectivity index (χ0) is 13.2. The van der Waals surface area contributed by atoms with Crippen LogP contribution in [-0.2, 0) is 6.67 Å². The van der Waals surface area contributed by atoms with Gasteiger partial charge in [0.2, 0.25) is 9.45 Å². The number of halogens is 5. The van der Waals surface area contributed by atoms with Gasteiger partial charge in [-0.05, 0) is 9.91 Å². The van der Waals surface area contributed by atoms with Gasteiger partial charge >= 0.3 is 12.2 Å². The van der Waals surface area contributed by atoms with Crippen molar-refractivity contribution >= 4 is 28.4 Å². The van der Waals surface area contributed by atoms with Crippen LogP contribution in [0.4, 0.5) is 23.4 Å². The average Bonchev–Trinajstić information content (AvgIpc) is 2.17. The Kier molecular flexibility index (Phi) is 4.06. The van der Waals surface area contributed by atoms with Crippen molar-refractivity contribution in [3.63, 3.8) is 0 Å². The van der Waals surface area contributed by atoms with Gasteiger partial charge in [-0.3, -0.25) is 0 Å². The molecular formula is C7H3F4IN2O3. The van der Waals surface area contributed by atoms with E-state index in [0.717, 1.165) is 6.07 Å². The van der Waals surface area contributed by atoms with Crippen LogP contribution in [0.2, 0.25) is 0 Å². The number of rotatable bonds is 3. The predicted octanol–water partition coefficient (Wildman–Crippen LogP) is 2.96. The first-order valence-corrected chi connectivity index (χ1v) is 4.98. The maximum Gasteiger partial charge on any atom is 0.573 e. The molecule has 1 heterocycles. The van der Waals surface area contributed by atoms with Gasteiger partial charge in [0.15, 0.2) is 0 Å². The number of ether oxygens (including phenoxy) is 1. The fraction of sp³-hybridized carbons (Fsp3) is 0.286. The Balaban J connectivity index is 3.37. The van der Waals surface area contributed by atoms with E-state index in [0.29, 0.717) is 0 Å². The maximum absolute atomic E-state index is 12.5. The molecule has 1 aromatic heterocycles. The molecule has 5 nitrogen and oxygen atoms in total. The highest BCUT2D eigenvalue weighted by Gasteiger charge is 2.37. The highest BCUT2D eigenvalue weighted by molar-refractivity contribution is 14.1. The number of hydrogen-bond acceptors (Lipinski definition) is 4. The molecule has 0 fully saturated rings. The second kappa shape index (κ2) is 4.98. The van der Waals surface area contributed by atoms with Crippen LogP contribution in [0.25, 0.3) is 0 Å². The molecule has 0 aliphatic rings. The summed E-state index contributed by atoms with van der Waals surface area (Å²) in [4.78, 5) is 12.6. The Morgan fingerprint density at radius 1 is 1.53 bits per heavy atom. The van der Waals surface area contributed by atoms with E-state index in [1.54, 1.807) is 0 Å². The summed E-state index contributed by atoms with van der Waals surface area (Å²) in [6.45, 7) is -1.33. The van der Waals surface area contributed by atoms with E-state index < -0.39 is 35.1 Å². The van der Waals surface area contributed by atoms with Crippen LogP contribution in [0.3, 0.4) is 0 Å². The summed E-state index contributed by atoms with van der Waals surface area (Å²) in [5.41, 5.74) is -0.576. The lowest BCUT2D eigenvalue weighted by Gasteiger charge is -2.11. The Morgan fingerprint density at radius 2 is 2.12 bits per heavy atom. The summed E-state index contributed by atoms with van der Waals surface area (Å²) in [5, 5.41) is 10.5. The van der Waals surface area contributed by atoms with Gasteiger partial charge < -0.3 is 14.9 Å². The minimum Gasteiger partial charge on any atom is -0.396 e. The Morgan fingerprint density at radius 3 is 2.53 bits per heavy atom. The summed E-state index contributed by atoms with van der Waals surface area (Å²) in [5.74, 6) is -2.38. The molecule has 0 aliphatic heterocycles. The van der Waals surface area contributed by atoms with E-state index >= 15 is 0 Å². The summed E-state index contributed by atoms with van der Waals surface area (Å²) in [6.07, 6.45) is -5.15. The van der Waals surface area contributed by atoms with Crippen LogP contribution < -0.4 is 4.74 Å². The number of nitro groups is 1. The van der Waals surface area contributed by atoms with Gasteiger partial charge in [0.05, 0.1) is 0 Å². The standard InChI is InChI=1S/C7H3F4IN2O3/c8-2-3-1-4(12)13-6(14(15)16)5(3)17-7(9,10)11/h1H,2H2. The van der Waals surface area contributed by atoms with E-state index in [4.69, 9.17) is 0 Å². The lowest BCUT2D eigenvalue weighted by molar-refractivity contribution is -0.393. The number of nitrogens with zero attached hydrogens (tertiary/aromatic N) is 2. The van der Waals surface area contributed by atoms with Crippen LogP contribution in [0.1, 0.15) is 5.56 Å². The zero-order valence-electron chi connectivity index (χ0n) is 7.79. The quantitative estimate of drug-likeness (QED) is 0.271. The zero-order valence-corrected chi connectivity index (χ0v) is 9.95. The van der Waals surface area contributed by atoms with Gasteiger partial charge in [-0.15, -0.1) is 13.2 Å². The maximum atomic E-state index is 12.5. The summed E-state index contributed by atoms with van der Waals surface area (Å²) in [7, 11) is 0. The van der Waals surface area contributed by atoms with Crippen LogP contribution in [0.15, 0.2) is 6.07 Å². The summed E-state index contributed by atoms with van der Waals surface area (Å²) >= 11 is 1.52. The molecular weight excluding hydrogens is 363 g/mol. The molecule has 0 bridgehead atoms. The third-order valence-corrected chi connectivity index (χ3v) is 2.09. The van der Waals surface area contributed by atoms with Crippen molar-refractivity contribution in [1.82, 2.24) is 4.98 Å². The molecule has 17 heavy (non-hydrogen) atoms. The molecule has 0 N–H and O–H groups in total. The second-order valence-corrected chi connectivity index (χ2v) is 3.80. The summed E-state index contributed by atoms with van der Waals surface area (Å²) in [6, 6.07) is 0.939. The molecule has 0 unspecified atom stereocenters. The molecule has 0 radical (unpaired) electrons. The second-order valence-electron chi connectivity index (χ2n) is 2.70. The minimum absolute atomic E-state index is 0.00326. The number of aromatic nitrogens is 1. The van der Waals surface area contributed by atoms with Crippen molar-refractivity contribution in [2.24, 2.45) is 0 Å². The molecule has 1 rings (SSSR count). The normalized spacial score (nSPS) is 11.4. The average molecular weight is 366 g/mol. The van der Waals surface area contributed by atoms with Crippen LogP contribution >= 0.6 is 22.6 Å². The number of hydrogen-bond donors (Lipinski definition) is 0. The topological polar surface area (TPSA) is 65.3 Å². The molecule has 0 saturated heterocycles. The first-order valence-electron chi connectivity index (χ1n) is 3.90. The van der Waals surface area contributed by atoms with Crippen molar-refractivity contribution in [1.29, 1.82) is 0 Å². The van der Waals surface area contributed by atoms with E-state index in [-0.39, 0.29) is 3.70 Å². The first-order chi connectivity index (χ1) is 7.74. The van der Waals surface area contributed by atoms with Gasteiger partial charge in [0.25, 0.3) is 0 Å². The Bertz CT molecular complexity index is 451. The van der Waals surface area contributed by atoms with Crippen LogP contribution in [0, 0.1) is 13.8 Å². The smallest absolute Gasteiger partial charge is 0.396 e. The van der Waals surface area contributed by atoms with Crippen molar-refractivity contribution in [2.45, 2.75) is 13.0 Å². The monoisotopic (exact) mass is 366 g/mol. The molecule has 1 aromatic rings. The third-order valence-electron chi connectivity index (χ3n) is 1.54. The highest BCUT2D eigenvalue weighted by Crippen LogP contribution is 2.35. The molecule has 0 amide bonds. The fourth-order valence-electron chi connectivity index (χ4n) is 0.987. The van der Waals surface area contributed by atoms with Crippen LogP contribution in [-0.4, -0.2) is 16.3 Å². The predicted molar refractivity (Wildman–Crippen MR) is 55.1 cm³/mol. The first kappa shape index (κ1) is 13.9. The van der Waals surface area contributed by atoms with E-state index in [1.807, 2.05) is 0 Å². The lowest BCUT2D eigenvalue weighted by Crippen LogP contribution is -2.19. The molecule has 0 saturated carbocycles. The Hall–Kier alpha value is -1.20. The van der Waals surface area contributed by atoms with Crippen molar-refractivity contribution in [2.75, 3.05) is 0 Å². The highest BCUT2D eigenvalue weighted by atomic mass is 127. The largest absolute Gasteiger partial charge is 0.573 e. The summed E-state index contributed by atoms with van der Waals surface area (Å²) < 4.78 is 51.9.